The van der Waals surface area contributed by atoms with Crippen molar-refractivity contribution in [1.82, 2.24) is 24.8 Å². The summed E-state index contributed by atoms with van der Waals surface area (Å²) in [5, 5.41) is 12.8. The first-order valence-electron chi connectivity index (χ1n) is 8.99. The molecule has 1 aliphatic heterocycles. The molecular weight excluding hydrogens is 332 g/mol. The Hall–Kier alpha value is -2.61. The van der Waals surface area contributed by atoms with Crippen LogP contribution >= 0.6 is 0 Å². The van der Waals surface area contributed by atoms with Crippen LogP contribution in [0.2, 0.25) is 0 Å². The number of carbonyl (C=O) groups excluding carboxylic acids is 1. The summed E-state index contributed by atoms with van der Waals surface area (Å²) < 4.78 is 0. The predicted octanol–water partition coefficient (Wildman–Crippen LogP) is 1.35. The average molecular weight is 354 g/mol. The molecule has 2 fully saturated rings. The van der Waals surface area contributed by atoms with Gasteiger partial charge in [0, 0.05) is 36.9 Å². The van der Waals surface area contributed by atoms with Crippen LogP contribution in [0.25, 0.3) is 0 Å². The van der Waals surface area contributed by atoms with Gasteiger partial charge in [-0.05, 0) is 32.1 Å². The van der Waals surface area contributed by atoms with Crippen molar-refractivity contribution in [2.75, 3.05) is 18.5 Å². The van der Waals surface area contributed by atoms with Crippen LogP contribution in [-0.4, -0.2) is 55.0 Å². The number of nitrogens with zero attached hydrogens (tertiary/aromatic N) is 5. The molecule has 0 spiro atoms. The molecule has 2 aromatic rings. The Morgan fingerprint density at radius 3 is 2.58 bits per heavy atom. The van der Waals surface area contributed by atoms with Crippen LogP contribution in [0.4, 0.5) is 5.95 Å². The van der Waals surface area contributed by atoms with E-state index in [-0.39, 0.29) is 24.1 Å². The van der Waals surface area contributed by atoms with Crippen molar-refractivity contribution >= 4 is 11.9 Å². The minimum absolute atomic E-state index is 0.00605. The summed E-state index contributed by atoms with van der Waals surface area (Å²) in [6, 6.07) is -0.109. The Bertz CT molecular complexity index is 763. The highest BCUT2D eigenvalue weighted by atomic mass is 16.3. The van der Waals surface area contributed by atoms with Crippen molar-refractivity contribution < 1.29 is 9.90 Å². The summed E-state index contributed by atoms with van der Waals surface area (Å²) in [5.74, 6) is 0.369. The zero-order valence-electron chi connectivity index (χ0n) is 14.5. The summed E-state index contributed by atoms with van der Waals surface area (Å²) in [4.78, 5) is 31.2. The number of anilines is 1. The van der Waals surface area contributed by atoms with E-state index in [4.69, 9.17) is 0 Å². The third kappa shape index (κ3) is 3.24. The van der Waals surface area contributed by atoms with Crippen molar-refractivity contribution in [2.24, 2.45) is 0 Å². The Balaban J connectivity index is 1.46. The topological polar surface area (TPSA) is 104 Å². The first-order valence-corrected chi connectivity index (χ1v) is 8.99. The van der Waals surface area contributed by atoms with Gasteiger partial charge in [0.05, 0.1) is 23.8 Å². The van der Waals surface area contributed by atoms with E-state index in [1.165, 1.54) is 6.33 Å². The Labute approximate surface area is 151 Å². The quantitative estimate of drug-likeness (QED) is 0.835. The predicted molar refractivity (Wildman–Crippen MR) is 94.4 cm³/mol. The summed E-state index contributed by atoms with van der Waals surface area (Å²) in [7, 11) is 0. The molecular formula is C18H22N6O2. The smallest absolute Gasteiger partial charge is 0.257 e. The van der Waals surface area contributed by atoms with Gasteiger partial charge >= 0.3 is 0 Å². The summed E-state index contributed by atoms with van der Waals surface area (Å²) in [5.41, 5.74) is 1.26. The number of likely N-dealkylation sites (tertiary alicyclic amines) is 1. The maximum absolute atomic E-state index is 12.7. The van der Waals surface area contributed by atoms with E-state index in [0.717, 1.165) is 37.7 Å². The summed E-state index contributed by atoms with van der Waals surface area (Å²) >= 11 is 0. The number of carbonyl (C=O) groups is 1. The Morgan fingerprint density at radius 1 is 1.19 bits per heavy atom. The van der Waals surface area contributed by atoms with Crippen molar-refractivity contribution in [2.45, 2.75) is 43.7 Å². The Morgan fingerprint density at radius 2 is 1.92 bits per heavy atom. The molecule has 2 N–H and O–H groups in total. The molecule has 2 aromatic heterocycles. The van der Waals surface area contributed by atoms with E-state index in [1.807, 2.05) is 0 Å². The molecule has 2 aliphatic rings. The zero-order valence-corrected chi connectivity index (χ0v) is 14.5. The lowest BCUT2D eigenvalue weighted by Crippen LogP contribution is -2.45. The monoisotopic (exact) mass is 354 g/mol. The molecule has 8 heteroatoms. The fourth-order valence-electron chi connectivity index (χ4n) is 3.50. The zero-order chi connectivity index (χ0) is 18.0. The van der Waals surface area contributed by atoms with E-state index in [1.54, 1.807) is 29.7 Å². The number of nitrogens with one attached hydrogen (secondary N) is 1. The molecule has 26 heavy (non-hydrogen) atoms. The van der Waals surface area contributed by atoms with E-state index >= 15 is 0 Å². The number of piperidine rings is 1. The SMILES string of the molecule is O=C(c1cnc(NC2(c3cncnc3)CC2)nc1)N1CCCC[C@H]1CO. The molecule has 0 unspecified atom stereocenters. The van der Waals surface area contributed by atoms with Crippen molar-refractivity contribution in [3.63, 3.8) is 0 Å². The second-order valence-corrected chi connectivity index (χ2v) is 6.96. The van der Waals surface area contributed by atoms with Gasteiger partial charge in [-0.3, -0.25) is 4.79 Å². The molecule has 8 nitrogen and oxygen atoms in total. The van der Waals surface area contributed by atoms with Crippen LogP contribution in [0.15, 0.2) is 31.1 Å². The fourth-order valence-corrected chi connectivity index (χ4v) is 3.50. The highest BCUT2D eigenvalue weighted by Crippen LogP contribution is 2.47. The van der Waals surface area contributed by atoms with Crippen LogP contribution in [0.1, 0.15) is 48.0 Å². The normalized spacial score (nSPS) is 21.3. The highest BCUT2D eigenvalue weighted by molar-refractivity contribution is 5.94. The largest absolute Gasteiger partial charge is 0.394 e. The molecule has 0 aromatic carbocycles. The molecule has 1 saturated carbocycles. The molecule has 1 aliphatic carbocycles. The van der Waals surface area contributed by atoms with Gasteiger partial charge in [-0.1, -0.05) is 0 Å². The van der Waals surface area contributed by atoms with E-state index in [9.17, 15) is 9.90 Å². The van der Waals surface area contributed by atoms with Gasteiger partial charge in [-0.2, -0.15) is 0 Å². The Kier molecular flexibility index (Phi) is 4.50. The summed E-state index contributed by atoms with van der Waals surface area (Å²) in [6.07, 6.45) is 13.0. The molecule has 136 valence electrons. The fraction of sp³-hybridized carbons (Fsp3) is 0.500. The lowest BCUT2D eigenvalue weighted by Gasteiger charge is -2.34. The van der Waals surface area contributed by atoms with E-state index in [2.05, 4.69) is 25.3 Å². The third-order valence-corrected chi connectivity index (χ3v) is 5.21. The number of hydrogen-bond donors (Lipinski definition) is 2. The van der Waals surface area contributed by atoms with Gasteiger partial charge in [0.25, 0.3) is 5.91 Å². The first kappa shape index (κ1) is 16.8. The minimum atomic E-state index is -0.207. The minimum Gasteiger partial charge on any atom is -0.394 e. The second-order valence-electron chi connectivity index (χ2n) is 6.96. The maximum Gasteiger partial charge on any atom is 0.257 e. The highest BCUT2D eigenvalue weighted by Gasteiger charge is 2.45. The lowest BCUT2D eigenvalue weighted by molar-refractivity contribution is 0.0502. The molecule has 1 amide bonds. The van der Waals surface area contributed by atoms with Gasteiger partial charge in [0.1, 0.15) is 6.33 Å². The second kappa shape index (κ2) is 6.95. The van der Waals surface area contributed by atoms with Crippen molar-refractivity contribution in [3.05, 3.63) is 42.2 Å². The third-order valence-electron chi connectivity index (χ3n) is 5.21. The van der Waals surface area contributed by atoms with Gasteiger partial charge in [-0.15, -0.1) is 0 Å². The van der Waals surface area contributed by atoms with Gasteiger partial charge in [0.2, 0.25) is 5.95 Å². The maximum atomic E-state index is 12.7. The number of rotatable bonds is 5. The van der Waals surface area contributed by atoms with Crippen LogP contribution < -0.4 is 5.32 Å². The van der Waals surface area contributed by atoms with Crippen molar-refractivity contribution in [3.8, 4) is 0 Å². The summed E-state index contributed by atoms with van der Waals surface area (Å²) in [6.45, 7) is 0.662. The number of amides is 1. The van der Waals surface area contributed by atoms with Gasteiger partial charge < -0.3 is 15.3 Å². The van der Waals surface area contributed by atoms with Crippen LogP contribution in [0.3, 0.4) is 0 Å². The van der Waals surface area contributed by atoms with Crippen LogP contribution in [0.5, 0.6) is 0 Å². The van der Waals surface area contributed by atoms with Crippen molar-refractivity contribution in [1.29, 1.82) is 0 Å². The lowest BCUT2D eigenvalue weighted by atomic mass is 10.0. The van der Waals surface area contributed by atoms with Gasteiger partial charge in [-0.25, -0.2) is 19.9 Å². The molecule has 1 atom stereocenters. The molecule has 1 saturated heterocycles. The van der Waals surface area contributed by atoms with E-state index in [0.29, 0.717) is 18.1 Å². The van der Waals surface area contributed by atoms with E-state index < -0.39 is 0 Å². The molecule has 0 radical (unpaired) electrons. The number of aliphatic hydroxyl groups is 1. The standard InChI is InChI=1S/C18H22N6O2/c25-11-15-3-1-2-6-24(15)16(26)13-7-21-17(22-8-13)23-18(4-5-18)14-9-19-12-20-10-14/h7-10,12,15,25H,1-6,11H2,(H,21,22,23)/t15-/m0/s1. The number of aromatic nitrogens is 4. The number of aliphatic hydroxyl groups excluding tert-OH is 1. The first-order chi connectivity index (χ1) is 12.7. The van der Waals surface area contributed by atoms with Crippen LogP contribution in [0, 0.1) is 0 Å². The van der Waals surface area contributed by atoms with Crippen LogP contribution in [-0.2, 0) is 5.54 Å². The average Bonchev–Trinajstić information content (AvgIpc) is 3.49. The molecule has 0 bridgehead atoms. The number of hydrogen-bond acceptors (Lipinski definition) is 7. The molecule has 4 rings (SSSR count). The molecule has 3 heterocycles. The van der Waals surface area contributed by atoms with Gasteiger partial charge in [0.15, 0.2) is 0 Å².